The molecule has 24 nitrogen and oxygen atoms in total. The molecule has 0 heterocycles. The standard InChI is InChI=1S/C53H75N9O15S2/c1-27(2)21-41(53(76)77)59-51(74)43(28(3)4)61-49(72)40(24-32-11-17-35(67)18-12-32)58-50(73)42(26-78)60-48(71)39(23-31-9-15-34(66)16-10-31)57-47(70)38(22-30-7-13-33(65)14-8-30)56-46(69)37(19-20-79-6)55-52(75)44(29(5)64)62-45(68)36(54)25-63/h7-18,27-29,36-44,63-67,78H,19-26,54H2,1-6H3,(H,55,75)(H,56,69)(H,57,70)(H,58,73)(H,59,74)(H,60,71)(H,61,72)(H,62,68)(H,76,77)/t29-,36+,37+,38+,39+,40+,41+,42+,43+,44+/m1/s1. The second-order valence-electron chi connectivity index (χ2n) is 19.7. The number of benzene rings is 3. The molecule has 3 rings (SSSR count). The van der Waals surface area contributed by atoms with E-state index in [0.717, 1.165) is 0 Å². The first kappa shape index (κ1) is 66.2. The molecule has 434 valence electrons. The molecule has 0 saturated carbocycles. The smallest absolute Gasteiger partial charge is 0.326 e. The number of thiol groups is 1. The fourth-order valence-corrected chi connectivity index (χ4v) is 8.50. The largest absolute Gasteiger partial charge is 0.508 e. The first-order valence-electron chi connectivity index (χ1n) is 25.4. The van der Waals surface area contributed by atoms with E-state index < -0.39 is 126 Å². The predicted octanol–water partition coefficient (Wildman–Crippen LogP) is -1.12. The van der Waals surface area contributed by atoms with E-state index in [1.807, 2.05) is 0 Å². The molecule has 0 unspecified atom stereocenters. The number of aliphatic hydroxyl groups is 2. The van der Waals surface area contributed by atoms with Gasteiger partial charge < -0.3 is 78.9 Å². The van der Waals surface area contributed by atoms with Gasteiger partial charge in [-0.15, -0.1) is 0 Å². The number of carbonyl (C=O) groups is 9. The first-order chi connectivity index (χ1) is 37.3. The number of carboxylic acid groups (broad SMARTS) is 1. The minimum Gasteiger partial charge on any atom is -0.508 e. The Morgan fingerprint density at radius 3 is 1.20 bits per heavy atom. The Morgan fingerprint density at radius 2 is 0.848 bits per heavy atom. The fourth-order valence-electron chi connectivity index (χ4n) is 7.77. The molecule has 0 aliphatic carbocycles. The number of nitrogens with two attached hydrogens (primary N) is 1. The van der Waals surface area contributed by atoms with Crippen molar-refractivity contribution in [2.45, 2.75) is 127 Å². The summed E-state index contributed by atoms with van der Waals surface area (Å²) in [6.07, 6.45) is -0.378. The number of carboxylic acids is 1. The lowest BCUT2D eigenvalue weighted by Crippen LogP contribution is -2.62. The maximum atomic E-state index is 14.6. The van der Waals surface area contributed by atoms with E-state index in [2.05, 4.69) is 55.2 Å². The second kappa shape index (κ2) is 32.7. The summed E-state index contributed by atoms with van der Waals surface area (Å²) >= 11 is 5.65. The Kier molecular flexibility index (Phi) is 27.4. The van der Waals surface area contributed by atoms with Crippen LogP contribution < -0.4 is 48.3 Å². The fraction of sp³-hybridized carbons (Fsp3) is 0.491. The van der Waals surface area contributed by atoms with Gasteiger partial charge in [-0.2, -0.15) is 24.4 Å². The molecule has 0 aliphatic rings. The summed E-state index contributed by atoms with van der Waals surface area (Å²) in [5, 5.41) is 79.9. The van der Waals surface area contributed by atoms with E-state index in [4.69, 9.17) is 5.73 Å². The van der Waals surface area contributed by atoms with Crippen molar-refractivity contribution in [3.05, 3.63) is 89.5 Å². The lowest BCUT2D eigenvalue weighted by Gasteiger charge is -2.29. The van der Waals surface area contributed by atoms with E-state index in [1.54, 1.807) is 34.0 Å². The minimum absolute atomic E-state index is 0.0151. The van der Waals surface area contributed by atoms with Gasteiger partial charge in [0.1, 0.15) is 71.6 Å². The number of nitrogens with one attached hydrogen (secondary N) is 8. The van der Waals surface area contributed by atoms with Crippen molar-refractivity contribution in [3.63, 3.8) is 0 Å². The number of hydrogen-bond acceptors (Lipinski definition) is 17. The Morgan fingerprint density at radius 1 is 0.506 bits per heavy atom. The van der Waals surface area contributed by atoms with Gasteiger partial charge in [0.05, 0.1) is 12.7 Å². The summed E-state index contributed by atoms with van der Waals surface area (Å²) in [5.41, 5.74) is 6.89. The third-order valence-corrected chi connectivity index (χ3v) is 13.3. The molecule has 0 fully saturated rings. The molecule has 0 spiro atoms. The Bertz CT molecular complexity index is 2520. The summed E-state index contributed by atoms with van der Waals surface area (Å²) in [4.78, 5) is 123. The Hall–Kier alpha value is -7.13. The second-order valence-corrected chi connectivity index (χ2v) is 21.0. The molecule has 10 atom stereocenters. The van der Waals surface area contributed by atoms with Crippen molar-refractivity contribution < 1.29 is 73.8 Å². The van der Waals surface area contributed by atoms with Gasteiger partial charge in [0.2, 0.25) is 47.3 Å². The van der Waals surface area contributed by atoms with Gasteiger partial charge in [-0.1, -0.05) is 64.1 Å². The average Bonchev–Trinajstić information content (AvgIpc) is 3.40. The van der Waals surface area contributed by atoms with E-state index >= 15 is 0 Å². The van der Waals surface area contributed by atoms with Crippen LogP contribution in [0.15, 0.2) is 72.8 Å². The average molecular weight is 1140 g/mol. The molecule has 8 amide bonds. The van der Waals surface area contributed by atoms with E-state index in [1.165, 1.54) is 91.5 Å². The lowest BCUT2D eigenvalue weighted by molar-refractivity contribution is -0.143. The molecule has 3 aromatic carbocycles. The van der Waals surface area contributed by atoms with E-state index in [-0.39, 0.29) is 61.0 Å². The number of phenols is 3. The maximum Gasteiger partial charge on any atom is 0.326 e. The van der Waals surface area contributed by atoms with Crippen LogP contribution in [-0.4, -0.2) is 169 Å². The number of phenolic OH excluding ortho intramolecular Hbond substituents is 3. The Balaban J connectivity index is 2.00. The van der Waals surface area contributed by atoms with Crippen LogP contribution in [0.1, 0.15) is 64.2 Å². The highest BCUT2D eigenvalue weighted by molar-refractivity contribution is 7.98. The zero-order chi connectivity index (χ0) is 59.1. The van der Waals surface area contributed by atoms with E-state index in [9.17, 15) is 73.8 Å². The van der Waals surface area contributed by atoms with Crippen LogP contribution in [0.5, 0.6) is 17.2 Å². The zero-order valence-corrected chi connectivity index (χ0v) is 46.5. The van der Waals surface area contributed by atoms with Gasteiger partial charge in [-0.05, 0) is 96.7 Å². The highest BCUT2D eigenvalue weighted by atomic mass is 32.2. The van der Waals surface area contributed by atoms with Gasteiger partial charge in [-0.3, -0.25) is 38.4 Å². The van der Waals surface area contributed by atoms with Crippen LogP contribution in [0.25, 0.3) is 0 Å². The number of aliphatic carboxylic acids is 1. The summed E-state index contributed by atoms with van der Waals surface area (Å²) in [6, 6.07) is 4.01. The van der Waals surface area contributed by atoms with Gasteiger partial charge in [-0.25, -0.2) is 4.79 Å². The molecule has 3 aromatic rings. The number of carbonyl (C=O) groups excluding carboxylic acids is 8. The number of amides is 8. The highest BCUT2D eigenvalue weighted by Crippen LogP contribution is 2.17. The van der Waals surface area contributed by atoms with Gasteiger partial charge in [0.15, 0.2) is 0 Å². The summed E-state index contributed by atoms with van der Waals surface area (Å²) in [7, 11) is 0. The number of thioether (sulfide) groups is 1. The molecular formula is C53H75N9O15S2. The summed E-state index contributed by atoms with van der Waals surface area (Å²) < 4.78 is 0. The molecule has 16 N–H and O–H groups in total. The summed E-state index contributed by atoms with van der Waals surface area (Å²) in [5.74, 6) is -9.64. The number of rotatable bonds is 32. The molecule has 0 radical (unpaired) electrons. The van der Waals surface area contributed by atoms with Crippen molar-refractivity contribution >= 4 is 77.6 Å². The molecule has 0 aromatic heterocycles. The first-order valence-corrected chi connectivity index (χ1v) is 27.4. The quantitative estimate of drug-likeness (QED) is 0.0329. The van der Waals surface area contributed by atoms with Crippen molar-refractivity contribution in [3.8, 4) is 17.2 Å². The SMILES string of the molecule is CSCC[C@H](NC(=O)[C@@H](NC(=O)[C@@H](N)CO)[C@@H](C)O)C(=O)N[C@@H](Cc1ccc(O)cc1)C(=O)N[C@@H](Cc1ccc(O)cc1)C(=O)N[C@@H](CS)C(=O)N[C@@H](Cc1ccc(O)cc1)C(=O)N[C@H](C(=O)N[C@@H](CC(C)C)C(=O)O)C(C)C. The Labute approximate surface area is 468 Å². The van der Waals surface area contributed by atoms with Gasteiger partial charge in [0, 0.05) is 25.0 Å². The number of aromatic hydroxyl groups is 3. The molecular weight excluding hydrogens is 1070 g/mol. The van der Waals surface area contributed by atoms with Crippen molar-refractivity contribution in [2.75, 3.05) is 24.4 Å². The normalized spacial score (nSPS) is 15.0. The minimum atomic E-state index is -1.62. The van der Waals surface area contributed by atoms with Crippen LogP contribution in [0.2, 0.25) is 0 Å². The van der Waals surface area contributed by atoms with E-state index in [0.29, 0.717) is 22.4 Å². The van der Waals surface area contributed by atoms with Crippen LogP contribution in [-0.2, 0) is 62.4 Å². The third kappa shape index (κ3) is 22.3. The molecule has 0 bridgehead atoms. The van der Waals surface area contributed by atoms with Gasteiger partial charge >= 0.3 is 5.97 Å². The topological polar surface area (TPSA) is 397 Å². The molecule has 79 heavy (non-hydrogen) atoms. The van der Waals surface area contributed by atoms with Crippen LogP contribution in [0.4, 0.5) is 0 Å². The van der Waals surface area contributed by atoms with Crippen molar-refractivity contribution in [2.24, 2.45) is 17.6 Å². The molecule has 0 saturated heterocycles. The van der Waals surface area contributed by atoms with Crippen LogP contribution in [0, 0.1) is 11.8 Å². The summed E-state index contributed by atoms with van der Waals surface area (Å²) in [6.45, 7) is 7.26. The van der Waals surface area contributed by atoms with Crippen molar-refractivity contribution in [1.82, 2.24) is 42.5 Å². The third-order valence-electron chi connectivity index (χ3n) is 12.3. The maximum absolute atomic E-state index is 14.6. The molecule has 0 aliphatic heterocycles. The zero-order valence-electron chi connectivity index (χ0n) is 44.8. The number of hydrogen-bond donors (Lipinski definition) is 16. The highest BCUT2D eigenvalue weighted by Gasteiger charge is 2.36. The van der Waals surface area contributed by atoms with Crippen LogP contribution >= 0.6 is 24.4 Å². The van der Waals surface area contributed by atoms with Gasteiger partial charge in [0.25, 0.3) is 0 Å². The monoisotopic (exact) mass is 1140 g/mol. The number of aliphatic hydroxyl groups excluding tert-OH is 2. The predicted molar refractivity (Wildman–Crippen MR) is 296 cm³/mol. The molecule has 26 heteroatoms. The van der Waals surface area contributed by atoms with Crippen molar-refractivity contribution in [1.29, 1.82) is 0 Å². The lowest BCUT2D eigenvalue weighted by atomic mass is 9.99. The van der Waals surface area contributed by atoms with Crippen LogP contribution in [0.3, 0.4) is 0 Å².